The summed E-state index contributed by atoms with van der Waals surface area (Å²) in [6.45, 7) is 2.70. The van der Waals surface area contributed by atoms with E-state index in [1.54, 1.807) is 18.2 Å². The molecule has 0 spiro atoms. The van der Waals surface area contributed by atoms with Gasteiger partial charge in [0.25, 0.3) is 0 Å². The third-order valence-electron chi connectivity index (χ3n) is 4.14. The van der Waals surface area contributed by atoms with E-state index in [4.69, 9.17) is 4.74 Å². The van der Waals surface area contributed by atoms with Crippen LogP contribution in [0.3, 0.4) is 0 Å². The van der Waals surface area contributed by atoms with Crippen LogP contribution in [0.25, 0.3) is 0 Å². The normalized spacial score (nSPS) is 27.9. The second kappa shape index (κ2) is 5.04. The summed E-state index contributed by atoms with van der Waals surface area (Å²) < 4.78 is 5.46. The Bertz CT molecular complexity index is 581. The first kappa shape index (κ1) is 13.9. The van der Waals surface area contributed by atoms with Gasteiger partial charge in [-0.3, -0.25) is 4.79 Å². The number of anilines is 1. The summed E-state index contributed by atoms with van der Waals surface area (Å²) >= 11 is 0. The molecule has 6 heteroatoms. The third kappa shape index (κ3) is 2.35. The molecule has 1 aromatic rings. The average Bonchev–Trinajstić information content (AvgIpc) is 2.93. The Morgan fingerprint density at radius 2 is 2.19 bits per heavy atom. The second-order valence-electron chi connectivity index (χ2n) is 5.69. The molecule has 2 N–H and O–H groups in total. The molecule has 1 amide bonds. The molecule has 0 aliphatic carbocycles. The maximum atomic E-state index is 12.9. The van der Waals surface area contributed by atoms with Crippen LogP contribution in [0.15, 0.2) is 24.3 Å². The summed E-state index contributed by atoms with van der Waals surface area (Å²) in [5, 5.41) is 12.4. The van der Waals surface area contributed by atoms with E-state index in [0.717, 1.165) is 19.4 Å². The molecule has 0 aromatic heterocycles. The van der Waals surface area contributed by atoms with E-state index in [1.807, 2.05) is 13.0 Å². The molecule has 0 bridgehead atoms. The zero-order valence-electron chi connectivity index (χ0n) is 11.8. The Labute approximate surface area is 122 Å². The fourth-order valence-corrected chi connectivity index (χ4v) is 2.93. The van der Waals surface area contributed by atoms with Gasteiger partial charge in [-0.15, -0.1) is 0 Å². The van der Waals surface area contributed by atoms with Gasteiger partial charge >= 0.3 is 5.97 Å². The Kier molecular flexibility index (Phi) is 3.33. The summed E-state index contributed by atoms with van der Waals surface area (Å²) in [5.41, 5.74) is 0.00275. The summed E-state index contributed by atoms with van der Waals surface area (Å²) in [6, 6.07) is 7.05. The largest absolute Gasteiger partial charge is 0.478 e. The lowest BCUT2D eigenvalue weighted by Crippen LogP contribution is -2.57. The van der Waals surface area contributed by atoms with E-state index in [2.05, 4.69) is 5.32 Å². The number of hydrogen-bond donors (Lipinski definition) is 2. The third-order valence-corrected chi connectivity index (χ3v) is 4.14. The van der Waals surface area contributed by atoms with Crippen LogP contribution in [0.2, 0.25) is 0 Å². The van der Waals surface area contributed by atoms with Crippen LogP contribution >= 0.6 is 0 Å². The molecule has 2 aliphatic rings. The van der Waals surface area contributed by atoms with Crippen molar-refractivity contribution in [2.45, 2.75) is 31.4 Å². The van der Waals surface area contributed by atoms with Crippen molar-refractivity contribution < 1.29 is 19.4 Å². The molecule has 1 saturated heterocycles. The molecule has 2 atom stereocenters. The molecule has 0 saturated carbocycles. The molecule has 2 aliphatic heterocycles. The first-order chi connectivity index (χ1) is 10.0. The van der Waals surface area contributed by atoms with Gasteiger partial charge in [-0.1, -0.05) is 12.1 Å². The van der Waals surface area contributed by atoms with E-state index in [0.29, 0.717) is 11.4 Å². The average molecular weight is 290 g/mol. The van der Waals surface area contributed by atoms with Gasteiger partial charge in [-0.05, 0) is 38.4 Å². The smallest absolute Gasteiger partial charge is 0.346 e. The lowest BCUT2D eigenvalue weighted by atomic mass is 9.97. The van der Waals surface area contributed by atoms with Crippen LogP contribution in [-0.2, 0) is 9.59 Å². The topological polar surface area (TPSA) is 78.9 Å². The lowest BCUT2D eigenvalue weighted by molar-refractivity contribution is -0.145. The number of carbonyl (C=O) groups excluding carboxylic acids is 1. The Morgan fingerprint density at radius 3 is 2.86 bits per heavy atom. The fraction of sp³-hybridized carbons (Fsp3) is 0.467. The highest BCUT2D eigenvalue weighted by atomic mass is 16.5. The molecule has 112 valence electrons. The van der Waals surface area contributed by atoms with E-state index in [-0.39, 0.29) is 12.5 Å². The number of nitrogens with zero attached hydrogens (tertiary/aromatic N) is 1. The van der Waals surface area contributed by atoms with E-state index >= 15 is 0 Å². The van der Waals surface area contributed by atoms with E-state index in [9.17, 15) is 14.7 Å². The van der Waals surface area contributed by atoms with Crippen molar-refractivity contribution in [3.05, 3.63) is 24.3 Å². The minimum absolute atomic E-state index is 0.0302. The van der Waals surface area contributed by atoms with Gasteiger partial charge in [0, 0.05) is 0 Å². The van der Waals surface area contributed by atoms with Crippen molar-refractivity contribution in [1.82, 2.24) is 5.32 Å². The highest BCUT2D eigenvalue weighted by molar-refractivity contribution is 6.02. The van der Waals surface area contributed by atoms with Gasteiger partial charge in [0.1, 0.15) is 5.75 Å². The lowest BCUT2D eigenvalue weighted by Gasteiger charge is -2.37. The predicted molar refractivity (Wildman–Crippen MR) is 76.5 cm³/mol. The Morgan fingerprint density at radius 1 is 1.43 bits per heavy atom. The number of rotatable bonds is 2. The summed E-state index contributed by atoms with van der Waals surface area (Å²) in [7, 11) is 0. The quantitative estimate of drug-likeness (QED) is 0.850. The maximum Gasteiger partial charge on any atom is 0.346 e. The number of nitrogens with one attached hydrogen (secondary N) is 1. The van der Waals surface area contributed by atoms with Crippen molar-refractivity contribution in [2.75, 3.05) is 18.0 Å². The number of carboxylic acids is 1. The van der Waals surface area contributed by atoms with Crippen LogP contribution in [0, 0.1) is 0 Å². The number of para-hydroxylation sites is 2. The standard InChI is InChI=1S/C15H18N2O4/c1-15(7-4-8-16-15)14(20)17-9-12(13(18)19)21-11-6-3-2-5-10(11)17/h2-3,5-6,12,16H,4,7-9H2,1H3,(H,18,19). The zero-order chi connectivity index (χ0) is 15.0. The molecular weight excluding hydrogens is 272 g/mol. The summed E-state index contributed by atoms with van der Waals surface area (Å²) in [6.07, 6.45) is 0.661. The molecule has 1 fully saturated rings. The van der Waals surface area contributed by atoms with E-state index < -0.39 is 17.6 Å². The first-order valence-electron chi connectivity index (χ1n) is 7.07. The summed E-state index contributed by atoms with van der Waals surface area (Å²) in [5.74, 6) is -0.722. The van der Waals surface area contributed by atoms with Crippen LogP contribution < -0.4 is 15.0 Å². The number of aliphatic carboxylic acids is 1. The number of hydrogen-bond acceptors (Lipinski definition) is 4. The van der Waals surface area contributed by atoms with Gasteiger partial charge in [0.2, 0.25) is 12.0 Å². The minimum Gasteiger partial charge on any atom is -0.478 e. The molecule has 6 nitrogen and oxygen atoms in total. The van der Waals surface area contributed by atoms with Crippen molar-refractivity contribution in [3.8, 4) is 5.75 Å². The second-order valence-corrected chi connectivity index (χ2v) is 5.69. The zero-order valence-corrected chi connectivity index (χ0v) is 11.8. The van der Waals surface area contributed by atoms with Crippen molar-refractivity contribution in [2.24, 2.45) is 0 Å². The fourth-order valence-electron chi connectivity index (χ4n) is 2.93. The van der Waals surface area contributed by atoms with Crippen LogP contribution in [0.4, 0.5) is 5.69 Å². The Balaban J connectivity index is 1.96. The van der Waals surface area contributed by atoms with E-state index in [1.165, 1.54) is 4.90 Å². The van der Waals surface area contributed by atoms with Gasteiger partial charge in [-0.25, -0.2) is 4.79 Å². The number of carbonyl (C=O) groups is 2. The number of carboxylic acid groups (broad SMARTS) is 1. The minimum atomic E-state index is -1.06. The van der Waals surface area contributed by atoms with Crippen LogP contribution in [0.5, 0.6) is 5.75 Å². The molecule has 21 heavy (non-hydrogen) atoms. The monoisotopic (exact) mass is 290 g/mol. The van der Waals surface area contributed by atoms with Crippen molar-refractivity contribution >= 4 is 17.6 Å². The molecular formula is C15H18N2O4. The van der Waals surface area contributed by atoms with Crippen molar-refractivity contribution in [1.29, 1.82) is 0 Å². The van der Waals surface area contributed by atoms with Crippen molar-refractivity contribution in [3.63, 3.8) is 0 Å². The maximum absolute atomic E-state index is 12.9. The Hall–Kier alpha value is -2.08. The molecule has 0 radical (unpaired) electrons. The first-order valence-corrected chi connectivity index (χ1v) is 7.07. The number of ether oxygens (including phenoxy) is 1. The highest BCUT2D eigenvalue weighted by Crippen LogP contribution is 2.35. The highest BCUT2D eigenvalue weighted by Gasteiger charge is 2.43. The molecule has 2 heterocycles. The van der Waals surface area contributed by atoms with Crippen LogP contribution in [0.1, 0.15) is 19.8 Å². The molecule has 3 rings (SSSR count). The SMILES string of the molecule is CC1(C(=O)N2CC(C(=O)O)Oc3ccccc32)CCCN1. The number of fused-ring (bicyclic) bond motifs is 1. The number of benzene rings is 1. The van der Waals surface area contributed by atoms with Gasteiger partial charge in [-0.2, -0.15) is 0 Å². The summed E-state index contributed by atoms with van der Waals surface area (Å²) in [4.78, 5) is 25.7. The molecule has 2 unspecified atom stereocenters. The predicted octanol–water partition coefficient (Wildman–Crippen LogP) is 1.01. The van der Waals surface area contributed by atoms with Crippen LogP contribution in [-0.4, -0.2) is 41.7 Å². The van der Waals surface area contributed by atoms with Gasteiger partial charge < -0.3 is 20.1 Å². The van der Waals surface area contributed by atoms with Gasteiger partial charge in [0.15, 0.2) is 0 Å². The molecule has 1 aromatic carbocycles. The number of amides is 1. The van der Waals surface area contributed by atoms with Gasteiger partial charge in [0.05, 0.1) is 17.8 Å².